The normalized spacial score (nSPS) is 13.1. The molecule has 9 nitrogen and oxygen atoms in total. The summed E-state index contributed by atoms with van der Waals surface area (Å²) in [5, 5.41) is 31.1. The van der Waals surface area contributed by atoms with Gasteiger partial charge in [0.05, 0.1) is 35.4 Å². The van der Waals surface area contributed by atoms with Crippen LogP contribution in [0.15, 0.2) is 72.6 Å². The molecule has 3 aromatic carbocycles. The molecule has 2 aromatic heterocycles. The predicted octanol–water partition coefficient (Wildman–Crippen LogP) is 5.32. The second kappa shape index (κ2) is 14.3. The topological polar surface area (TPSA) is 117 Å². The van der Waals surface area contributed by atoms with Crippen molar-refractivity contribution in [2.24, 2.45) is 0 Å². The summed E-state index contributed by atoms with van der Waals surface area (Å²) in [6.45, 7) is 8.41. The molecule has 0 aliphatic heterocycles. The number of nitriles is 1. The van der Waals surface area contributed by atoms with Crippen molar-refractivity contribution in [1.29, 1.82) is 5.26 Å². The molecule has 2 atom stereocenters. The van der Waals surface area contributed by atoms with E-state index in [-0.39, 0.29) is 24.6 Å². The first-order chi connectivity index (χ1) is 22.5. The lowest BCUT2D eigenvalue weighted by Gasteiger charge is -2.32. The minimum atomic E-state index is -1.93. The Morgan fingerprint density at radius 1 is 1.17 bits per heavy atom. The number of nitrogens with one attached hydrogen (secondary N) is 1. The fourth-order valence-corrected chi connectivity index (χ4v) is 6.45. The molecule has 12 heteroatoms. The van der Waals surface area contributed by atoms with Crippen molar-refractivity contribution in [3.8, 4) is 23.1 Å². The molecule has 0 unspecified atom stereocenters. The van der Waals surface area contributed by atoms with E-state index in [4.69, 9.17) is 15.0 Å². The van der Waals surface area contributed by atoms with E-state index in [9.17, 15) is 14.3 Å². The Morgan fingerprint density at radius 2 is 1.89 bits per heavy atom. The molecule has 0 saturated heterocycles. The lowest BCUT2D eigenvalue weighted by molar-refractivity contribution is -0.689. The smallest absolute Gasteiger partial charge is 0.325 e. The van der Waals surface area contributed by atoms with Crippen molar-refractivity contribution >= 4 is 17.3 Å². The Kier molecular flexibility index (Phi) is 10.2. The van der Waals surface area contributed by atoms with E-state index >= 15 is 4.39 Å². The van der Waals surface area contributed by atoms with Gasteiger partial charge in [-0.3, -0.25) is 4.79 Å². The number of aliphatic hydroxyl groups is 1. The van der Waals surface area contributed by atoms with Gasteiger partial charge in [-0.2, -0.15) is 5.26 Å². The Morgan fingerprint density at radius 3 is 2.57 bits per heavy atom. The van der Waals surface area contributed by atoms with Crippen LogP contribution in [0.5, 0.6) is 5.75 Å². The number of ether oxygens (including phenoxy) is 1. The highest BCUT2D eigenvalue weighted by Crippen LogP contribution is 2.41. The van der Waals surface area contributed by atoms with Crippen molar-refractivity contribution in [3.63, 3.8) is 0 Å². The number of rotatable bonds is 12. The highest BCUT2D eigenvalue weighted by atomic mass is 32.1. The van der Waals surface area contributed by atoms with Gasteiger partial charge in [0, 0.05) is 27.5 Å². The standard InChI is InChI=1S/C35H35F2N6O3S/c1-5-39-16-32(44)46-33-22(2)12-26(13-23(33)3)17-42-20-40-43(21-42)19-35(45,29-14-28(36)10-11-30(29)37)24(4)34-41-31(18-47-34)27-8-6-25(15-38)7-9-27/h6-14,18,20-21,24,39,45H,5,16-17,19H2,1-4H3/q+1/t24-,35+/m0/s1. The summed E-state index contributed by atoms with van der Waals surface area (Å²) in [5.74, 6) is -2.02. The molecule has 5 rings (SSSR count). The van der Waals surface area contributed by atoms with Crippen molar-refractivity contribution < 1.29 is 28.0 Å². The maximum Gasteiger partial charge on any atom is 0.325 e. The molecule has 0 amide bonds. The third-order valence-electron chi connectivity index (χ3n) is 7.97. The second-order valence-electron chi connectivity index (χ2n) is 11.5. The molecule has 0 aliphatic carbocycles. The van der Waals surface area contributed by atoms with Crippen LogP contribution >= 0.6 is 11.3 Å². The van der Waals surface area contributed by atoms with Crippen molar-refractivity contribution in [3.05, 3.63) is 117 Å². The van der Waals surface area contributed by atoms with Gasteiger partial charge >= 0.3 is 5.97 Å². The van der Waals surface area contributed by atoms with Crippen LogP contribution in [-0.2, 0) is 23.5 Å². The van der Waals surface area contributed by atoms with Gasteiger partial charge in [-0.05, 0) is 79.5 Å². The lowest BCUT2D eigenvalue weighted by atomic mass is 9.82. The fourth-order valence-electron chi connectivity index (χ4n) is 5.48. The van der Waals surface area contributed by atoms with Crippen LogP contribution in [0.25, 0.3) is 11.3 Å². The van der Waals surface area contributed by atoms with Gasteiger partial charge < -0.3 is 15.2 Å². The van der Waals surface area contributed by atoms with Crippen LogP contribution in [0.4, 0.5) is 8.78 Å². The number of aryl methyl sites for hydroxylation is 2. The fraction of sp³-hybridized carbons (Fsp3) is 0.286. The molecule has 0 radical (unpaired) electrons. The van der Waals surface area contributed by atoms with E-state index in [1.807, 2.05) is 42.9 Å². The van der Waals surface area contributed by atoms with Crippen LogP contribution in [-0.4, -0.2) is 38.9 Å². The molecular weight excluding hydrogens is 622 g/mol. The van der Waals surface area contributed by atoms with Crippen molar-refractivity contribution in [1.82, 2.24) is 20.1 Å². The summed E-state index contributed by atoms with van der Waals surface area (Å²) >= 11 is 1.30. The third kappa shape index (κ3) is 7.60. The maximum atomic E-state index is 15.3. The van der Waals surface area contributed by atoms with E-state index in [0.29, 0.717) is 35.1 Å². The zero-order chi connectivity index (χ0) is 33.7. The number of likely N-dealkylation sites (N-methyl/N-ethyl adjacent to an activating group) is 1. The van der Waals surface area contributed by atoms with E-state index in [1.165, 1.54) is 16.0 Å². The Balaban J connectivity index is 1.40. The summed E-state index contributed by atoms with van der Waals surface area (Å²) in [6, 6.07) is 15.9. The van der Waals surface area contributed by atoms with Gasteiger partial charge in [-0.15, -0.1) is 16.0 Å². The van der Waals surface area contributed by atoms with E-state index in [2.05, 4.69) is 16.5 Å². The highest BCUT2D eigenvalue weighted by molar-refractivity contribution is 7.10. The molecule has 2 heterocycles. The SMILES string of the molecule is CCNCC(=O)Oc1c(C)cc(C[n+]2cnn(C[C@](O)(c3cc(F)ccc3F)[C@@H](C)c3nc(-c4ccc(C#N)cc4)cs3)c2)cc1C. The predicted molar refractivity (Wildman–Crippen MR) is 173 cm³/mol. The first-order valence-corrected chi connectivity index (χ1v) is 16.0. The average molecular weight is 658 g/mol. The zero-order valence-corrected chi connectivity index (χ0v) is 27.3. The maximum absolute atomic E-state index is 15.3. The first kappa shape index (κ1) is 33.5. The van der Waals surface area contributed by atoms with Crippen molar-refractivity contribution in [2.75, 3.05) is 13.1 Å². The quantitative estimate of drug-likeness (QED) is 0.106. The molecule has 47 heavy (non-hydrogen) atoms. The zero-order valence-electron chi connectivity index (χ0n) is 26.5. The van der Waals surface area contributed by atoms with Crippen LogP contribution < -0.4 is 14.6 Å². The van der Waals surface area contributed by atoms with E-state index < -0.39 is 23.2 Å². The minimum Gasteiger partial charge on any atom is -0.425 e. The Labute approximate surface area is 275 Å². The lowest BCUT2D eigenvalue weighted by Crippen LogP contribution is -2.39. The number of carbonyl (C=O) groups is 1. The average Bonchev–Trinajstić information content (AvgIpc) is 3.72. The highest BCUT2D eigenvalue weighted by Gasteiger charge is 2.43. The largest absolute Gasteiger partial charge is 0.425 e. The molecule has 0 spiro atoms. The molecular formula is C35H35F2N6O3S+. The number of hydrogen-bond donors (Lipinski definition) is 2. The van der Waals surface area contributed by atoms with Gasteiger partial charge in [0.2, 0.25) is 6.33 Å². The monoisotopic (exact) mass is 657 g/mol. The van der Waals surface area contributed by atoms with E-state index in [0.717, 1.165) is 40.5 Å². The molecule has 2 N–H and O–H groups in total. The van der Waals surface area contributed by atoms with Crippen LogP contribution in [0, 0.1) is 36.8 Å². The molecule has 0 saturated carbocycles. The summed E-state index contributed by atoms with van der Waals surface area (Å²) in [4.78, 5) is 16.9. The molecule has 0 aliphatic rings. The molecule has 242 valence electrons. The second-order valence-corrected chi connectivity index (χ2v) is 12.3. The summed E-state index contributed by atoms with van der Waals surface area (Å²) < 4.78 is 38.6. The number of nitrogens with zero attached hydrogens (tertiary/aromatic N) is 5. The van der Waals surface area contributed by atoms with Crippen LogP contribution in [0.1, 0.15) is 52.6 Å². The van der Waals surface area contributed by atoms with Gasteiger partial charge in [0.1, 0.15) is 29.5 Å². The summed E-state index contributed by atoms with van der Waals surface area (Å²) in [5.41, 5.74) is 2.39. The van der Waals surface area contributed by atoms with Gasteiger partial charge in [0.25, 0.3) is 6.33 Å². The number of aromatic nitrogens is 4. The Bertz CT molecular complexity index is 1910. The number of thiazole rings is 1. The first-order valence-electron chi connectivity index (χ1n) is 15.1. The van der Waals surface area contributed by atoms with Crippen LogP contribution in [0.3, 0.4) is 0 Å². The van der Waals surface area contributed by atoms with Crippen LogP contribution in [0.2, 0.25) is 0 Å². The van der Waals surface area contributed by atoms with E-state index in [1.54, 1.807) is 43.8 Å². The summed E-state index contributed by atoms with van der Waals surface area (Å²) in [6.07, 6.45) is 3.28. The number of esters is 1. The Hall–Kier alpha value is -4.83. The van der Waals surface area contributed by atoms with Gasteiger partial charge in [-0.25, -0.2) is 18.3 Å². The minimum absolute atomic E-state index is 0.123. The number of halogens is 2. The van der Waals surface area contributed by atoms with Crippen molar-refractivity contribution in [2.45, 2.75) is 52.3 Å². The molecule has 0 fully saturated rings. The number of carbonyl (C=O) groups excluding carboxylic acids is 1. The van der Waals surface area contributed by atoms with Gasteiger partial charge in [-0.1, -0.05) is 26.0 Å². The number of hydrogen-bond acceptors (Lipinski definition) is 8. The third-order valence-corrected chi connectivity index (χ3v) is 8.99. The number of benzene rings is 3. The summed E-state index contributed by atoms with van der Waals surface area (Å²) in [7, 11) is 0. The molecule has 5 aromatic rings. The molecule has 0 bridgehead atoms. The van der Waals surface area contributed by atoms with Gasteiger partial charge in [0.15, 0.2) is 0 Å².